The molecule has 7 aromatic rings. The summed E-state index contributed by atoms with van der Waals surface area (Å²) >= 11 is 0. The molecule has 6 nitrogen and oxygen atoms in total. The maximum atomic E-state index is 14.1. The molecule has 1 aliphatic carbocycles. The smallest absolute Gasteiger partial charge is 0.360 e. The summed E-state index contributed by atoms with van der Waals surface area (Å²) in [6, 6.07) is 41.6. The van der Waals surface area contributed by atoms with Crippen LogP contribution in [0.15, 0.2) is 141 Å². The minimum atomic E-state index is -0.701. The lowest BCUT2D eigenvalue weighted by Crippen LogP contribution is -2.37. The summed E-state index contributed by atoms with van der Waals surface area (Å²) in [5.74, 6) is 0.419. The number of oxazole rings is 1. The van der Waals surface area contributed by atoms with E-state index in [-0.39, 0.29) is 11.3 Å². The minimum Gasteiger partial charge on any atom is -0.422 e. The summed E-state index contributed by atoms with van der Waals surface area (Å²) in [5, 5.41) is 0. The molecular weight excluding hydrogens is 546 g/mol. The number of hydrogen-bond acceptors (Lipinski definition) is 4. The summed E-state index contributed by atoms with van der Waals surface area (Å²) in [6.07, 6.45) is 0. The largest absolute Gasteiger partial charge is 0.422 e. The van der Waals surface area contributed by atoms with E-state index >= 15 is 0 Å². The first-order valence-corrected chi connectivity index (χ1v) is 14.6. The first-order valence-electron chi connectivity index (χ1n) is 14.6. The lowest BCUT2D eigenvalue weighted by atomic mass is 9.81. The number of aromatic nitrogens is 3. The predicted molar refractivity (Wildman–Crippen MR) is 173 cm³/mol. The Bertz CT molecular complexity index is 2330. The van der Waals surface area contributed by atoms with Gasteiger partial charge in [-0.1, -0.05) is 123 Å². The lowest BCUT2D eigenvalue weighted by Gasteiger charge is -2.22. The third-order valence-corrected chi connectivity index (χ3v) is 8.71. The Morgan fingerprint density at radius 2 is 1.23 bits per heavy atom. The van der Waals surface area contributed by atoms with E-state index in [1.807, 2.05) is 72.8 Å². The fourth-order valence-corrected chi connectivity index (χ4v) is 6.50. The zero-order valence-corrected chi connectivity index (χ0v) is 24.2. The molecule has 1 aliphatic rings. The highest BCUT2D eigenvalue weighted by molar-refractivity contribution is 5.84. The zero-order chi connectivity index (χ0) is 30.0. The minimum absolute atomic E-state index is 0.0488. The van der Waals surface area contributed by atoms with Gasteiger partial charge in [-0.3, -0.25) is 0 Å². The molecule has 2 aromatic heterocycles. The molecule has 0 unspecified atom stereocenters. The van der Waals surface area contributed by atoms with Crippen LogP contribution in [-0.2, 0) is 5.41 Å². The van der Waals surface area contributed by atoms with Crippen LogP contribution >= 0.6 is 0 Å². The Hall–Kier alpha value is -5.75. The Balaban J connectivity index is 1.25. The van der Waals surface area contributed by atoms with Crippen molar-refractivity contribution in [2.45, 2.75) is 19.3 Å². The highest BCUT2D eigenvalue weighted by Gasteiger charge is 2.35. The Kier molecular flexibility index (Phi) is 5.68. The standard InChI is InChI=1S/C38H27N3O3/c1-38(2)31-16-10-9-15-29(31)30-22-19-27(23-32(30)38)24-17-20-28(21-18-24)40-35(42)39-36-41(37(40)43)33(25-11-5-3-6-12-25)34(44-36)26-13-7-4-8-14-26/h3-23H,1-2H3. The maximum absolute atomic E-state index is 14.1. The second-order valence-corrected chi connectivity index (χ2v) is 11.6. The molecule has 8 rings (SSSR count). The van der Waals surface area contributed by atoms with Crippen molar-refractivity contribution in [3.63, 3.8) is 0 Å². The zero-order valence-electron chi connectivity index (χ0n) is 24.2. The van der Waals surface area contributed by atoms with Crippen LogP contribution in [0.5, 0.6) is 0 Å². The first kappa shape index (κ1) is 25.9. The highest BCUT2D eigenvalue weighted by atomic mass is 16.4. The van der Waals surface area contributed by atoms with E-state index in [0.717, 1.165) is 26.8 Å². The molecular formula is C38H27N3O3. The van der Waals surface area contributed by atoms with Crippen LogP contribution in [0, 0.1) is 0 Å². The van der Waals surface area contributed by atoms with Crippen molar-refractivity contribution in [1.29, 1.82) is 0 Å². The van der Waals surface area contributed by atoms with Gasteiger partial charge in [0.15, 0.2) is 5.76 Å². The van der Waals surface area contributed by atoms with Crippen LogP contribution in [-0.4, -0.2) is 14.0 Å². The Morgan fingerprint density at radius 1 is 0.614 bits per heavy atom. The number of hydrogen-bond donors (Lipinski definition) is 0. The van der Waals surface area contributed by atoms with Gasteiger partial charge in [-0.05, 0) is 51.6 Å². The molecule has 0 atom stereocenters. The van der Waals surface area contributed by atoms with Gasteiger partial charge in [0.05, 0.1) is 5.69 Å². The van der Waals surface area contributed by atoms with E-state index in [1.165, 1.54) is 26.7 Å². The van der Waals surface area contributed by atoms with Gasteiger partial charge in [0.25, 0.3) is 0 Å². The molecule has 0 radical (unpaired) electrons. The summed E-state index contributed by atoms with van der Waals surface area (Å²) in [7, 11) is 0. The molecule has 5 aromatic carbocycles. The molecule has 0 bridgehead atoms. The van der Waals surface area contributed by atoms with Crippen LogP contribution in [0.4, 0.5) is 0 Å². The second-order valence-electron chi connectivity index (χ2n) is 11.6. The third-order valence-electron chi connectivity index (χ3n) is 8.71. The van der Waals surface area contributed by atoms with E-state index in [9.17, 15) is 9.59 Å². The summed E-state index contributed by atoms with van der Waals surface area (Å²) < 4.78 is 8.56. The molecule has 0 saturated heterocycles. The fourth-order valence-electron chi connectivity index (χ4n) is 6.50. The van der Waals surface area contributed by atoms with Crippen LogP contribution in [0.3, 0.4) is 0 Å². The average Bonchev–Trinajstić information content (AvgIpc) is 3.55. The van der Waals surface area contributed by atoms with Gasteiger partial charge in [0, 0.05) is 16.5 Å². The van der Waals surface area contributed by atoms with Crippen molar-refractivity contribution in [2.75, 3.05) is 0 Å². The molecule has 0 aliphatic heterocycles. The van der Waals surface area contributed by atoms with Crippen molar-refractivity contribution in [3.8, 4) is 50.5 Å². The molecule has 2 heterocycles. The predicted octanol–water partition coefficient (Wildman–Crippen LogP) is 7.75. The fraction of sp³-hybridized carbons (Fsp3) is 0.0789. The molecule has 0 N–H and O–H groups in total. The van der Waals surface area contributed by atoms with Gasteiger partial charge >= 0.3 is 17.2 Å². The van der Waals surface area contributed by atoms with Gasteiger partial charge in [0.2, 0.25) is 0 Å². The Morgan fingerprint density at radius 3 is 1.95 bits per heavy atom. The topological polar surface area (TPSA) is 69.5 Å². The van der Waals surface area contributed by atoms with Crippen LogP contribution in [0.2, 0.25) is 0 Å². The van der Waals surface area contributed by atoms with E-state index in [2.05, 4.69) is 61.3 Å². The maximum Gasteiger partial charge on any atom is 0.360 e. The SMILES string of the molecule is CC1(C)c2ccccc2-c2ccc(-c3ccc(-n4c(=O)nc5oc(-c6ccccc6)c(-c6ccccc6)n5c4=O)cc3)cc21. The number of benzene rings is 5. The number of fused-ring (bicyclic) bond motifs is 4. The van der Waals surface area contributed by atoms with Gasteiger partial charge in [-0.2, -0.15) is 0 Å². The Labute approximate surface area is 253 Å². The van der Waals surface area contributed by atoms with Crippen LogP contribution in [0.25, 0.3) is 56.4 Å². The van der Waals surface area contributed by atoms with Crippen molar-refractivity contribution in [1.82, 2.24) is 14.0 Å². The van der Waals surface area contributed by atoms with Crippen molar-refractivity contribution in [3.05, 3.63) is 159 Å². The van der Waals surface area contributed by atoms with E-state index in [0.29, 0.717) is 17.1 Å². The molecule has 0 spiro atoms. The van der Waals surface area contributed by atoms with Crippen molar-refractivity contribution in [2.24, 2.45) is 0 Å². The molecule has 212 valence electrons. The van der Waals surface area contributed by atoms with Gasteiger partial charge < -0.3 is 4.42 Å². The van der Waals surface area contributed by atoms with E-state index in [4.69, 9.17) is 4.42 Å². The normalized spacial score (nSPS) is 13.1. The van der Waals surface area contributed by atoms with E-state index < -0.39 is 11.4 Å². The summed E-state index contributed by atoms with van der Waals surface area (Å²) in [6.45, 7) is 4.52. The number of rotatable bonds is 4. The molecule has 0 amide bonds. The molecule has 0 fully saturated rings. The van der Waals surface area contributed by atoms with Gasteiger partial charge in [-0.15, -0.1) is 4.98 Å². The van der Waals surface area contributed by atoms with E-state index in [1.54, 1.807) is 12.1 Å². The van der Waals surface area contributed by atoms with Crippen LogP contribution in [0.1, 0.15) is 25.0 Å². The molecule has 44 heavy (non-hydrogen) atoms. The van der Waals surface area contributed by atoms with Crippen LogP contribution < -0.4 is 11.4 Å². The quantitative estimate of drug-likeness (QED) is 0.216. The lowest BCUT2D eigenvalue weighted by molar-refractivity contribution is 0.592. The number of nitrogens with zero attached hydrogens (tertiary/aromatic N) is 3. The monoisotopic (exact) mass is 573 g/mol. The summed E-state index contributed by atoms with van der Waals surface area (Å²) in [5.41, 5.74) is 8.38. The van der Waals surface area contributed by atoms with Crippen molar-refractivity contribution >= 4 is 5.84 Å². The molecule has 6 heteroatoms. The third kappa shape index (κ3) is 3.84. The average molecular weight is 574 g/mol. The second kappa shape index (κ2) is 9.64. The highest BCUT2D eigenvalue weighted by Crippen LogP contribution is 2.49. The van der Waals surface area contributed by atoms with Gasteiger partial charge in [-0.25, -0.2) is 18.6 Å². The first-order chi connectivity index (χ1) is 21.4. The van der Waals surface area contributed by atoms with Gasteiger partial charge in [0.1, 0.15) is 5.69 Å². The van der Waals surface area contributed by atoms with Crippen molar-refractivity contribution < 1.29 is 4.42 Å². The molecule has 0 saturated carbocycles. The summed E-state index contributed by atoms with van der Waals surface area (Å²) in [4.78, 5) is 31.6.